The Morgan fingerprint density at radius 3 is 2.17 bits per heavy atom. The fourth-order valence-electron chi connectivity index (χ4n) is 2.61. The molecule has 6 nitrogen and oxygen atoms in total. The van der Waals surface area contributed by atoms with Crippen molar-refractivity contribution in [3.63, 3.8) is 0 Å². The standard InChI is InChI=1S/C24H41NO5/c1-9-21(26)30-20(16-23(7,10-2)11-3)17-28-22(27)19(6)14-15-25-18-29-24(8,12-4)13-5/h9,14,18,20H,1,10-13,15-17H2,2-8H3/b19-14+,25-18?/t20-/m1/s1. The van der Waals surface area contributed by atoms with Crippen LogP contribution in [0.25, 0.3) is 0 Å². The molecule has 0 fully saturated rings. The molecule has 0 aromatic carbocycles. The normalized spacial score (nSPS) is 13.8. The van der Waals surface area contributed by atoms with Crippen LogP contribution < -0.4 is 0 Å². The predicted octanol–water partition coefficient (Wildman–Crippen LogP) is 5.41. The Kier molecular flexibility index (Phi) is 13.0. The van der Waals surface area contributed by atoms with Crippen molar-refractivity contribution in [1.82, 2.24) is 0 Å². The Balaban J connectivity index is 4.78. The van der Waals surface area contributed by atoms with Crippen molar-refractivity contribution in [3.8, 4) is 0 Å². The van der Waals surface area contributed by atoms with Gasteiger partial charge in [-0.2, -0.15) is 0 Å². The van der Waals surface area contributed by atoms with Crippen LogP contribution in [0.15, 0.2) is 29.3 Å². The molecule has 0 bridgehead atoms. The highest BCUT2D eigenvalue weighted by Crippen LogP contribution is 2.32. The molecule has 0 aliphatic rings. The molecule has 0 unspecified atom stereocenters. The van der Waals surface area contributed by atoms with Gasteiger partial charge in [0, 0.05) is 11.6 Å². The van der Waals surface area contributed by atoms with Gasteiger partial charge in [-0.15, -0.1) is 0 Å². The minimum Gasteiger partial charge on any atom is -0.477 e. The average molecular weight is 424 g/mol. The second-order valence-corrected chi connectivity index (χ2v) is 8.22. The first-order valence-electron chi connectivity index (χ1n) is 10.9. The Hall–Kier alpha value is -2.11. The minimum atomic E-state index is -0.515. The van der Waals surface area contributed by atoms with Gasteiger partial charge in [0.15, 0.2) is 6.40 Å². The Morgan fingerprint density at radius 2 is 1.67 bits per heavy atom. The molecule has 0 rings (SSSR count). The lowest BCUT2D eigenvalue weighted by Gasteiger charge is -2.30. The van der Waals surface area contributed by atoms with Crippen LogP contribution in [0.4, 0.5) is 0 Å². The summed E-state index contributed by atoms with van der Waals surface area (Å²) >= 11 is 0. The second kappa shape index (κ2) is 14.0. The molecule has 0 aliphatic carbocycles. The fraction of sp³-hybridized carbons (Fsp3) is 0.708. The summed E-state index contributed by atoms with van der Waals surface area (Å²) in [6.07, 6.45) is 8.02. The molecule has 1 atom stereocenters. The molecule has 30 heavy (non-hydrogen) atoms. The minimum absolute atomic E-state index is 0.00357. The van der Waals surface area contributed by atoms with Crippen LogP contribution in [-0.4, -0.2) is 43.2 Å². The van der Waals surface area contributed by atoms with Gasteiger partial charge < -0.3 is 14.2 Å². The van der Waals surface area contributed by atoms with Gasteiger partial charge in [-0.05, 0) is 38.5 Å². The van der Waals surface area contributed by atoms with Gasteiger partial charge in [0.2, 0.25) is 0 Å². The summed E-state index contributed by atoms with van der Waals surface area (Å²) in [6, 6.07) is 0. The third kappa shape index (κ3) is 10.6. The highest BCUT2D eigenvalue weighted by atomic mass is 16.6. The van der Waals surface area contributed by atoms with Gasteiger partial charge in [0.1, 0.15) is 18.3 Å². The molecule has 0 aliphatic heterocycles. The molecule has 0 N–H and O–H groups in total. The fourth-order valence-corrected chi connectivity index (χ4v) is 2.61. The van der Waals surface area contributed by atoms with E-state index in [0.29, 0.717) is 18.5 Å². The van der Waals surface area contributed by atoms with Gasteiger partial charge in [-0.1, -0.05) is 60.1 Å². The zero-order valence-corrected chi connectivity index (χ0v) is 20.0. The number of carbonyl (C=O) groups excluding carboxylic acids is 2. The van der Waals surface area contributed by atoms with Crippen LogP contribution in [0.5, 0.6) is 0 Å². The van der Waals surface area contributed by atoms with Gasteiger partial charge in [0.25, 0.3) is 0 Å². The molecule has 0 saturated carbocycles. The van der Waals surface area contributed by atoms with Crippen LogP contribution in [0.3, 0.4) is 0 Å². The summed E-state index contributed by atoms with van der Waals surface area (Å²) in [7, 11) is 0. The van der Waals surface area contributed by atoms with Crippen LogP contribution in [0, 0.1) is 5.41 Å². The van der Waals surface area contributed by atoms with E-state index in [1.54, 1.807) is 13.0 Å². The molecule has 172 valence electrons. The van der Waals surface area contributed by atoms with E-state index in [2.05, 4.69) is 46.2 Å². The van der Waals surface area contributed by atoms with Gasteiger partial charge in [0.05, 0.1) is 6.54 Å². The average Bonchev–Trinajstić information content (AvgIpc) is 2.76. The lowest BCUT2D eigenvalue weighted by atomic mass is 9.79. The van der Waals surface area contributed by atoms with E-state index in [0.717, 1.165) is 31.8 Å². The Bertz CT molecular complexity index is 601. The van der Waals surface area contributed by atoms with Crippen LogP contribution >= 0.6 is 0 Å². The third-order valence-corrected chi connectivity index (χ3v) is 6.01. The molecule has 0 amide bonds. The molecule has 0 saturated heterocycles. The summed E-state index contributed by atoms with van der Waals surface area (Å²) in [5.74, 6) is -0.967. The van der Waals surface area contributed by atoms with Gasteiger partial charge in [-0.25, -0.2) is 9.59 Å². The summed E-state index contributed by atoms with van der Waals surface area (Å²) in [5, 5.41) is 0. The predicted molar refractivity (Wildman–Crippen MR) is 122 cm³/mol. The van der Waals surface area contributed by atoms with Crippen molar-refractivity contribution in [2.24, 2.45) is 10.4 Å². The van der Waals surface area contributed by atoms with E-state index in [1.807, 2.05) is 6.92 Å². The number of hydrogen-bond acceptors (Lipinski definition) is 6. The highest BCUT2D eigenvalue weighted by Gasteiger charge is 2.28. The molecule has 6 heteroatoms. The first-order valence-corrected chi connectivity index (χ1v) is 10.9. The van der Waals surface area contributed by atoms with Gasteiger partial charge >= 0.3 is 11.9 Å². The number of hydrogen-bond donors (Lipinski definition) is 0. The Labute approximate surface area is 182 Å². The number of nitrogens with zero attached hydrogens (tertiary/aromatic N) is 1. The van der Waals surface area contributed by atoms with Crippen molar-refractivity contribution in [1.29, 1.82) is 0 Å². The zero-order chi connectivity index (χ0) is 23.2. The number of aliphatic imine (C=N–C) groups is 1. The van der Waals surface area contributed by atoms with Crippen molar-refractivity contribution in [3.05, 3.63) is 24.3 Å². The van der Waals surface area contributed by atoms with Crippen molar-refractivity contribution >= 4 is 18.3 Å². The van der Waals surface area contributed by atoms with Crippen molar-refractivity contribution < 1.29 is 23.8 Å². The molecule has 0 aromatic heterocycles. The van der Waals surface area contributed by atoms with E-state index in [4.69, 9.17) is 14.2 Å². The maximum Gasteiger partial charge on any atom is 0.333 e. The molecular formula is C24H41NO5. The van der Waals surface area contributed by atoms with Crippen LogP contribution in [0.2, 0.25) is 0 Å². The highest BCUT2D eigenvalue weighted by molar-refractivity contribution is 5.87. The zero-order valence-electron chi connectivity index (χ0n) is 20.0. The van der Waals surface area contributed by atoms with Crippen LogP contribution in [-0.2, 0) is 23.8 Å². The SMILES string of the molecule is C=CC(=O)O[C@@H](COC(=O)/C(C)=C/CN=COC(C)(CC)CC)CC(C)(CC)CC. The molecule has 0 spiro atoms. The monoisotopic (exact) mass is 423 g/mol. The van der Waals surface area contributed by atoms with E-state index in [1.165, 1.54) is 6.40 Å². The number of rotatable bonds is 15. The third-order valence-electron chi connectivity index (χ3n) is 6.01. The number of carbonyl (C=O) groups is 2. The smallest absolute Gasteiger partial charge is 0.333 e. The molecular weight excluding hydrogens is 382 g/mol. The summed E-state index contributed by atoms with van der Waals surface area (Å²) in [5.41, 5.74) is 0.233. The van der Waals surface area contributed by atoms with Crippen LogP contribution in [0.1, 0.15) is 80.6 Å². The topological polar surface area (TPSA) is 74.2 Å². The number of ether oxygens (including phenoxy) is 3. The summed E-state index contributed by atoms with van der Waals surface area (Å²) in [4.78, 5) is 28.1. The summed E-state index contributed by atoms with van der Waals surface area (Å²) in [6.45, 7) is 18.0. The molecule has 0 radical (unpaired) electrons. The molecule has 0 aromatic rings. The van der Waals surface area contributed by atoms with Gasteiger partial charge in [-0.3, -0.25) is 4.99 Å². The maximum atomic E-state index is 12.3. The van der Waals surface area contributed by atoms with E-state index < -0.39 is 18.0 Å². The first-order chi connectivity index (χ1) is 14.1. The van der Waals surface area contributed by atoms with Crippen molar-refractivity contribution in [2.75, 3.05) is 13.2 Å². The molecule has 0 heterocycles. The first kappa shape index (κ1) is 27.9. The Morgan fingerprint density at radius 1 is 1.07 bits per heavy atom. The lowest BCUT2D eigenvalue weighted by Crippen LogP contribution is -2.31. The van der Waals surface area contributed by atoms with E-state index in [9.17, 15) is 9.59 Å². The lowest BCUT2D eigenvalue weighted by molar-refractivity contribution is -0.155. The largest absolute Gasteiger partial charge is 0.477 e. The van der Waals surface area contributed by atoms with E-state index >= 15 is 0 Å². The number of esters is 2. The van der Waals surface area contributed by atoms with Crippen molar-refractivity contribution in [2.45, 2.75) is 92.3 Å². The second-order valence-electron chi connectivity index (χ2n) is 8.22. The maximum absolute atomic E-state index is 12.3. The summed E-state index contributed by atoms with van der Waals surface area (Å²) < 4.78 is 16.5. The van der Waals surface area contributed by atoms with E-state index in [-0.39, 0.29) is 17.6 Å². The quantitative estimate of drug-likeness (QED) is 0.152.